The van der Waals surface area contributed by atoms with Crippen LogP contribution >= 0.6 is 0 Å². The van der Waals surface area contributed by atoms with Gasteiger partial charge in [0.15, 0.2) is 0 Å². The molecule has 2 fully saturated rings. The van der Waals surface area contributed by atoms with Crippen LogP contribution in [-0.2, 0) is 4.79 Å². The molecule has 1 aliphatic carbocycles. The van der Waals surface area contributed by atoms with Gasteiger partial charge in [-0.3, -0.25) is 4.79 Å². The van der Waals surface area contributed by atoms with Crippen LogP contribution in [0, 0.1) is 5.92 Å². The summed E-state index contributed by atoms with van der Waals surface area (Å²) in [4.78, 5) is 14.3. The molecule has 18 heavy (non-hydrogen) atoms. The zero-order valence-electron chi connectivity index (χ0n) is 11.9. The van der Waals surface area contributed by atoms with Crippen LogP contribution in [0.1, 0.15) is 39.5 Å². The van der Waals surface area contributed by atoms with E-state index in [4.69, 9.17) is 0 Å². The predicted molar refractivity (Wildman–Crippen MR) is 73.4 cm³/mol. The summed E-state index contributed by atoms with van der Waals surface area (Å²) in [6.45, 7) is 6.54. The molecule has 0 aromatic carbocycles. The lowest BCUT2D eigenvalue weighted by Gasteiger charge is -2.35. The molecule has 1 saturated carbocycles. The molecule has 104 valence electrons. The highest BCUT2D eigenvalue weighted by molar-refractivity contribution is 5.81. The lowest BCUT2D eigenvalue weighted by Crippen LogP contribution is -2.51. The van der Waals surface area contributed by atoms with Crippen LogP contribution < -0.4 is 10.6 Å². The Balaban J connectivity index is 1.74. The van der Waals surface area contributed by atoms with E-state index in [-0.39, 0.29) is 11.9 Å². The zero-order valence-corrected chi connectivity index (χ0v) is 11.9. The van der Waals surface area contributed by atoms with Crippen molar-refractivity contribution in [1.29, 1.82) is 0 Å². The Morgan fingerprint density at radius 2 is 2.00 bits per heavy atom. The van der Waals surface area contributed by atoms with Gasteiger partial charge in [-0.1, -0.05) is 0 Å². The Kier molecular flexibility index (Phi) is 4.62. The van der Waals surface area contributed by atoms with Gasteiger partial charge in [0.05, 0.1) is 6.04 Å². The maximum atomic E-state index is 11.9. The first kappa shape index (κ1) is 13.8. The van der Waals surface area contributed by atoms with Crippen molar-refractivity contribution in [3.8, 4) is 0 Å². The molecule has 3 atom stereocenters. The summed E-state index contributed by atoms with van der Waals surface area (Å²) in [6.07, 6.45) is 4.86. The molecule has 1 aliphatic heterocycles. The molecule has 1 amide bonds. The van der Waals surface area contributed by atoms with E-state index in [9.17, 15) is 4.79 Å². The fraction of sp³-hybridized carbons (Fsp3) is 0.929. The van der Waals surface area contributed by atoms with E-state index >= 15 is 0 Å². The highest BCUT2D eigenvalue weighted by atomic mass is 16.2. The van der Waals surface area contributed by atoms with E-state index in [1.807, 2.05) is 6.92 Å². The molecule has 4 heteroatoms. The largest absolute Gasteiger partial charge is 0.352 e. The van der Waals surface area contributed by atoms with Crippen LogP contribution in [-0.4, -0.2) is 49.1 Å². The van der Waals surface area contributed by atoms with Gasteiger partial charge >= 0.3 is 0 Å². The number of carbonyl (C=O) groups excluding carboxylic acids is 1. The second-order valence-corrected chi connectivity index (χ2v) is 6.12. The second kappa shape index (κ2) is 6.02. The fourth-order valence-corrected chi connectivity index (χ4v) is 2.77. The number of nitrogens with zero attached hydrogens (tertiary/aromatic N) is 1. The van der Waals surface area contributed by atoms with Gasteiger partial charge < -0.3 is 15.5 Å². The number of hydrogen-bond acceptors (Lipinski definition) is 3. The Labute approximate surface area is 110 Å². The summed E-state index contributed by atoms with van der Waals surface area (Å²) in [5, 5.41) is 6.52. The van der Waals surface area contributed by atoms with Crippen LogP contribution in [0.25, 0.3) is 0 Å². The first-order chi connectivity index (χ1) is 8.56. The molecule has 2 rings (SSSR count). The summed E-state index contributed by atoms with van der Waals surface area (Å²) in [5.74, 6) is 0.827. The lowest BCUT2D eigenvalue weighted by molar-refractivity contribution is -0.123. The average Bonchev–Trinajstić information content (AvgIpc) is 3.12. The first-order valence-electron chi connectivity index (χ1n) is 7.31. The minimum Gasteiger partial charge on any atom is -0.352 e. The monoisotopic (exact) mass is 253 g/mol. The van der Waals surface area contributed by atoms with E-state index in [0.717, 1.165) is 19.4 Å². The minimum absolute atomic E-state index is 0.0761. The topological polar surface area (TPSA) is 44.4 Å². The van der Waals surface area contributed by atoms with Crippen LogP contribution in [0.3, 0.4) is 0 Å². The van der Waals surface area contributed by atoms with E-state index in [1.54, 1.807) is 0 Å². The van der Waals surface area contributed by atoms with Gasteiger partial charge in [-0.15, -0.1) is 0 Å². The molecular weight excluding hydrogens is 226 g/mol. The smallest absolute Gasteiger partial charge is 0.237 e. The van der Waals surface area contributed by atoms with Gasteiger partial charge in [-0.25, -0.2) is 0 Å². The van der Waals surface area contributed by atoms with Crippen molar-refractivity contribution in [3.05, 3.63) is 0 Å². The molecule has 1 heterocycles. The van der Waals surface area contributed by atoms with Crippen molar-refractivity contribution in [2.45, 2.75) is 57.7 Å². The van der Waals surface area contributed by atoms with Crippen LogP contribution in [0.4, 0.5) is 0 Å². The molecule has 0 bridgehead atoms. The van der Waals surface area contributed by atoms with E-state index in [2.05, 4.69) is 29.5 Å². The molecule has 0 aromatic heterocycles. The van der Waals surface area contributed by atoms with Crippen molar-refractivity contribution >= 4 is 5.91 Å². The van der Waals surface area contributed by atoms with Crippen molar-refractivity contribution in [1.82, 2.24) is 15.5 Å². The van der Waals surface area contributed by atoms with E-state index < -0.39 is 0 Å². The maximum Gasteiger partial charge on any atom is 0.237 e. The minimum atomic E-state index is -0.0761. The molecule has 0 spiro atoms. The number of rotatable bonds is 5. The van der Waals surface area contributed by atoms with Crippen molar-refractivity contribution in [3.63, 3.8) is 0 Å². The maximum absolute atomic E-state index is 11.9. The molecule has 2 aliphatic rings. The normalized spacial score (nSPS) is 28.7. The Morgan fingerprint density at radius 1 is 1.28 bits per heavy atom. The quantitative estimate of drug-likeness (QED) is 0.767. The summed E-state index contributed by atoms with van der Waals surface area (Å²) in [5.41, 5.74) is 0. The standard InChI is InChI=1S/C14H27N3O/c1-10(12-5-4-8-17(3)9-12)15-11(2)14(18)16-13-6-7-13/h10-13,15H,4-9H2,1-3H3,(H,16,18). The SMILES string of the molecule is CC(NC(C)C1CCCN(C)C1)C(=O)NC1CC1. The molecule has 1 saturated heterocycles. The van der Waals surface area contributed by atoms with Crippen molar-refractivity contribution in [2.24, 2.45) is 5.92 Å². The number of likely N-dealkylation sites (tertiary alicyclic amines) is 1. The van der Waals surface area contributed by atoms with Gasteiger partial charge in [0.25, 0.3) is 0 Å². The summed E-state index contributed by atoms with van der Waals surface area (Å²) in [6, 6.07) is 0.790. The number of hydrogen-bond donors (Lipinski definition) is 2. The average molecular weight is 253 g/mol. The molecule has 0 aromatic rings. The Morgan fingerprint density at radius 3 is 2.61 bits per heavy atom. The van der Waals surface area contributed by atoms with E-state index in [0.29, 0.717) is 18.0 Å². The molecular formula is C14H27N3O. The zero-order chi connectivity index (χ0) is 13.1. The Bertz CT molecular complexity index is 291. The third-order valence-corrected chi connectivity index (χ3v) is 4.20. The van der Waals surface area contributed by atoms with Crippen LogP contribution in [0.2, 0.25) is 0 Å². The van der Waals surface area contributed by atoms with E-state index in [1.165, 1.54) is 19.4 Å². The Hall–Kier alpha value is -0.610. The third kappa shape index (κ3) is 3.95. The second-order valence-electron chi connectivity index (χ2n) is 6.12. The van der Waals surface area contributed by atoms with Gasteiger partial charge in [0.2, 0.25) is 5.91 Å². The number of carbonyl (C=O) groups is 1. The first-order valence-corrected chi connectivity index (χ1v) is 7.31. The number of nitrogens with one attached hydrogen (secondary N) is 2. The van der Waals surface area contributed by atoms with Gasteiger partial charge in [0.1, 0.15) is 0 Å². The van der Waals surface area contributed by atoms with Crippen LogP contribution in [0.15, 0.2) is 0 Å². The molecule has 4 nitrogen and oxygen atoms in total. The lowest BCUT2D eigenvalue weighted by atomic mass is 9.91. The van der Waals surface area contributed by atoms with Gasteiger partial charge in [0, 0.05) is 18.6 Å². The highest BCUT2D eigenvalue weighted by Crippen LogP contribution is 2.20. The fourth-order valence-electron chi connectivity index (χ4n) is 2.77. The van der Waals surface area contributed by atoms with Gasteiger partial charge in [-0.2, -0.15) is 0 Å². The highest BCUT2D eigenvalue weighted by Gasteiger charge is 2.28. The predicted octanol–water partition coefficient (Wildman–Crippen LogP) is 0.973. The molecule has 2 N–H and O–H groups in total. The third-order valence-electron chi connectivity index (χ3n) is 4.20. The summed E-state index contributed by atoms with van der Waals surface area (Å²) >= 11 is 0. The number of amides is 1. The number of piperidine rings is 1. The summed E-state index contributed by atoms with van der Waals surface area (Å²) in [7, 11) is 2.18. The van der Waals surface area contributed by atoms with Gasteiger partial charge in [-0.05, 0) is 59.0 Å². The van der Waals surface area contributed by atoms with Crippen molar-refractivity contribution in [2.75, 3.05) is 20.1 Å². The van der Waals surface area contributed by atoms with Crippen LogP contribution in [0.5, 0.6) is 0 Å². The van der Waals surface area contributed by atoms with Crippen molar-refractivity contribution < 1.29 is 4.79 Å². The summed E-state index contributed by atoms with van der Waals surface area (Å²) < 4.78 is 0. The molecule has 3 unspecified atom stereocenters. The molecule has 0 radical (unpaired) electrons.